The van der Waals surface area contributed by atoms with Gasteiger partial charge in [-0.05, 0) is 42.3 Å². The average Bonchev–Trinajstić information content (AvgIpc) is 2.77. The predicted molar refractivity (Wildman–Crippen MR) is 121 cm³/mol. The zero-order chi connectivity index (χ0) is 22.4. The maximum atomic E-state index is 12.9. The number of hydrogen-bond acceptors (Lipinski definition) is 4. The summed E-state index contributed by atoms with van der Waals surface area (Å²) < 4.78 is 10.5. The van der Waals surface area contributed by atoms with E-state index in [1.807, 2.05) is 12.1 Å². The van der Waals surface area contributed by atoms with E-state index >= 15 is 0 Å². The largest absolute Gasteiger partial charge is 0.497 e. The monoisotopic (exact) mass is 465 g/mol. The molecule has 1 fully saturated rings. The number of ether oxygens (including phenoxy) is 2. The van der Waals surface area contributed by atoms with Crippen molar-refractivity contribution in [3.8, 4) is 11.5 Å². The third kappa shape index (κ3) is 5.95. The fourth-order valence-electron chi connectivity index (χ4n) is 3.44. The number of benzene rings is 2. The molecule has 3 amide bonds. The number of nitrogens with one attached hydrogen (secondary N) is 1. The van der Waals surface area contributed by atoms with Crippen molar-refractivity contribution in [3.63, 3.8) is 0 Å². The summed E-state index contributed by atoms with van der Waals surface area (Å²) >= 11 is 12.0. The Labute approximate surface area is 191 Å². The summed E-state index contributed by atoms with van der Waals surface area (Å²) in [5.74, 6) is 0.956. The van der Waals surface area contributed by atoms with Gasteiger partial charge in [-0.1, -0.05) is 23.2 Å². The van der Waals surface area contributed by atoms with Crippen molar-refractivity contribution in [2.24, 2.45) is 0 Å². The highest BCUT2D eigenvalue weighted by molar-refractivity contribution is 6.34. The molecule has 31 heavy (non-hydrogen) atoms. The molecule has 0 bridgehead atoms. The van der Waals surface area contributed by atoms with Crippen molar-refractivity contribution in [2.75, 3.05) is 46.9 Å². The smallest absolute Gasteiger partial charge is 0.317 e. The molecule has 2 aromatic rings. The fourth-order valence-corrected chi connectivity index (χ4v) is 4.01. The highest BCUT2D eigenvalue weighted by Crippen LogP contribution is 2.26. The lowest BCUT2D eigenvalue weighted by Crippen LogP contribution is -2.53. The first-order valence-corrected chi connectivity index (χ1v) is 10.7. The van der Waals surface area contributed by atoms with Gasteiger partial charge in [0, 0.05) is 48.8 Å². The molecule has 2 aromatic carbocycles. The summed E-state index contributed by atoms with van der Waals surface area (Å²) in [6.07, 6.45) is 0.627. The Bertz CT molecular complexity index is 926. The Morgan fingerprint density at radius 3 is 2.19 bits per heavy atom. The van der Waals surface area contributed by atoms with Crippen molar-refractivity contribution >= 4 is 35.1 Å². The van der Waals surface area contributed by atoms with Crippen LogP contribution in [-0.2, 0) is 6.42 Å². The molecule has 3 rings (SSSR count). The van der Waals surface area contributed by atoms with Crippen LogP contribution in [0, 0.1) is 0 Å². The third-order valence-corrected chi connectivity index (χ3v) is 5.54. The summed E-state index contributed by atoms with van der Waals surface area (Å²) in [6.45, 7) is 2.28. The van der Waals surface area contributed by atoms with Crippen molar-refractivity contribution in [1.82, 2.24) is 15.1 Å². The van der Waals surface area contributed by atoms with E-state index in [1.165, 1.54) is 7.11 Å². The quantitative estimate of drug-likeness (QED) is 0.705. The van der Waals surface area contributed by atoms with Crippen LogP contribution in [0.5, 0.6) is 11.5 Å². The number of halogens is 2. The molecule has 0 aromatic heterocycles. The van der Waals surface area contributed by atoms with Crippen LogP contribution < -0.4 is 14.8 Å². The van der Waals surface area contributed by atoms with E-state index in [0.29, 0.717) is 66.3 Å². The number of rotatable bonds is 6. The molecular formula is C22H25Cl2N3O4. The minimum atomic E-state index is -0.151. The van der Waals surface area contributed by atoms with Crippen LogP contribution in [0.2, 0.25) is 10.0 Å². The van der Waals surface area contributed by atoms with Crippen LogP contribution in [-0.4, -0.2) is 68.7 Å². The van der Waals surface area contributed by atoms with E-state index in [1.54, 1.807) is 41.2 Å². The molecule has 7 nitrogen and oxygen atoms in total. The SMILES string of the molecule is COc1ccc(C(=O)N2CCN(C(=O)NCCc3cc(Cl)cc(Cl)c3)CC2)c(OC)c1. The number of methoxy groups -OCH3 is 2. The van der Waals surface area contributed by atoms with Crippen LogP contribution in [0.1, 0.15) is 15.9 Å². The van der Waals surface area contributed by atoms with Gasteiger partial charge in [-0.15, -0.1) is 0 Å². The summed E-state index contributed by atoms with van der Waals surface area (Å²) in [5.41, 5.74) is 1.43. The van der Waals surface area contributed by atoms with Gasteiger partial charge in [0.1, 0.15) is 11.5 Å². The molecule has 1 aliphatic heterocycles. The second-order valence-electron chi connectivity index (χ2n) is 7.11. The highest BCUT2D eigenvalue weighted by Gasteiger charge is 2.26. The Morgan fingerprint density at radius 1 is 0.935 bits per heavy atom. The highest BCUT2D eigenvalue weighted by atomic mass is 35.5. The summed E-state index contributed by atoms with van der Waals surface area (Å²) in [7, 11) is 3.08. The van der Waals surface area contributed by atoms with E-state index in [4.69, 9.17) is 32.7 Å². The van der Waals surface area contributed by atoms with Crippen molar-refractivity contribution in [2.45, 2.75) is 6.42 Å². The molecule has 0 spiro atoms. The molecule has 1 saturated heterocycles. The molecule has 0 unspecified atom stereocenters. The maximum absolute atomic E-state index is 12.9. The number of carbonyl (C=O) groups is 2. The predicted octanol–water partition coefficient (Wildman–Crippen LogP) is 3.72. The second-order valence-corrected chi connectivity index (χ2v) is 7.98. The van der Waals surface area contributed by atoms with Gasteiger partial charge in [0.2, 0.25) is 0 Å². The molecular weight excluding hydrogens is 441 g/mol. The van der Waals surface area contributed by atoms with Crippen LogP contribution in [0.4, 0.5) is 4.79 Å². The van der Waals surface area contributed by atoms with E-state index in [2.05, 4.69) is 5.32 Å². The van der Waals surface area contributed by atoms with Gasteiger partial charge in [0.25, 0.3) is 5.91 Å². The van der Waals surface area contributed by atoms with Gasteiger partial charge in [0.15, 0.2) is 0 Å². The summed E-state index contributed by atoms with van der Waals surface area (Å²) in [6, 6.07) is 10.3. The third-order valence-electron chi connectivity index (χ3n) is 5.11. The van der Waals surface area contributed by atoms with Crippen molar-refractivity contribution < 1.29 is 19.1 Å². The molecule has 0 aliphatic carbocycles. The number of urea groups is 1. The van der Waals surface area contributed by atoms with Gasteiger partial charge >= 0.3 is 6.03 Å². The maximum Gasteiger partial charge on any atom is 0.317 e. The molecule has 0 saturated carbocycles. The van der Waals surface area contributed by atoms with E-state index in [-0.39, 0.29) is 11.9 Å². The molecule has 0 atom stereocenters. The van der Waals surface area contributed by atoms with Gasteiger partial charge in [-0.25, -0.2) is 4.79 Å². The molecule has 166 valence electrons. The number of piperazine rings is 1. The number of carbonyl (C=O) groups excluding carboxylic acids is 2. The van der Waals surface area contributed by atoms with Crippen molar-refractivity contribution in [1.29, 1.82) is 0 Å². The molecule has 1 N–H and O–H groups in total. The van der Waals surface area contributed by atoms with Gasteiger partial charge in [0.05, 0.1) is 19.8 Å². The van der Waals surface area contributed by atoms with Gasteiger partial charge in [-0.2, -0.15) is 0 Å². The average molecular weight is 466 g/mol. The molecule has 9 heteroatoms. The number of hydrogen-bond donors (Lipinski definition) is 1. The molecule has 1 aliphatic rings. The van der Waals surface area contributed by atoms with Gasteiger partial charge < -0.3 is 24.6 Å². The summed E-state index contributed by atoms with van der Waals surface area (Å²) in [4.78, 5) is 28.8. The Morgan fingerprint density at radius 2 is 1.58 bits per heavy atom. The van der Waals surface area contributed by atoms with Crippen LogP contribution in [0.3, 0.4) is 0 Å². The second kappa shape index (κ2) is 10.6. The molecule has 0 radical (unpaired) electrons. The Balaban J connectivity index is 1.49. The van der Waals surface area contributed by atoms with Gasteiger partial charge in [-0.3, -0.25) is 4.79 Å². The normalized spacial score (nSPS) is 13.7. The lowest BCUT2D eigenvalue weighted by Gasteiger charge is -2.35. The fraction of sp³-hybridized carbons (Fsp3) is 0.364. The van der Waals surface area contributed by atoms with Crippen LogP contribution in [0.15, 0.2) is 36.4 Å². The number of amides is 3. The van der Waals surface area contributed by atoms with Crippen molar-refractivity contribution in [3.05, 3.63) is 57.6 Å². The minimum absolute atomic E-state index is 0.127. The van der Waals surface area contributed by atoms with Crippen LogP contribution in [0.25, 0.3) is 0 Å². The first-order chi connectivity index (χ1) is 14.9. The lowest BCUT2D eigenvalue weighted by molar-refractivity contribution is 0.0662. The van der Waals surface area contributed by atoms with E-state index in [0.717, 1.165) is 5.56 Å². The standard InChI is InChI=1S/C22H25Cl2N3O4/c1-30-18-3-4-19(20(14-18)31-2)21(28)26-7-9-27(10-8-26)22(29)25-6-5-15-11-16(23)13-17(24)12-15/h3-4,11-14H,5-10H2,1-2H3,(H,25,29). The zero-order valence-electron chi connectivity index (χ0n) is 17.5. The first-order valence-electron chi connectivity index (χ1n) is 9.90. The topological polar surface area (TPSA) is 71.1 Å². The lowest BCUT2D eigenvalue weighted by atomic mass is 10.1. The van der Waals surface area contributed by atoms with E-state index in [9.17, 15) is 9.59 Å². The van der Waals surface area contributed by atoms with E-state index < -0.39 is 0 Å². The molecule has 1 heterocycles. The first kappa shape index (κ1) is 23.0. The summed E-state index contributed by atoms with van der Waals surface area (Å²) in [5, 5.41) is 4.05. The van der Waals surface area contributed by atoms with Crippen LogP contribution >= 0.6 is 23.2 Å². The number of nitrogens with zero attached hydrogens (tertiary/aromatic N) is 2. The Hall–Kier alpha value is -2.64. The Kier molecular flexibility index (Phi) is 7.87. The zero-order valence-corrected chi connectivity index (χ0v) is 19.0. The minimum Gasteiger partial charge on any atom is -0.497 e.